The van der Waals surface area contributed by atoms with Crippen molar-refractivity contribution in [2.24, 2.45) is 4.99 Å². The largest absolute Gasteiger partial charge is 0.461 e. The van der Waals surface area contributed by atoms with Gasteiger partial charge in [0.25, 0.3) is 0 Å². The average Bonchev–Trinajstić information content (AvgIpc) is 3.21. The number of hydrogen-bond acceptors (Lipinski definition) is 9. The van der Waals surface area contributed by atoms with Crippen LogP contribution in [0.1, 0.15) is 38.7 Å². The summed E-state index contributed by atoms with van der Waals surface area (Å²) in [4.78, 5) is 14.4. The molecule has 0 radical (unpaired) electrons. The van der Waals surface area contributed by atoms with Crippen LogP contribution in [-0.4, -0.2) is 39.0 Å². The van der Waals surface area contributed by atoms with Crippen molar-refractivity contribution in [3.63, 3.8) is 0 Å². The minimum atomic E-state index is 0.0532. The van der Waals surface area contributed by atoms with Gasteiger partial charge in [0.05, 0.1) is 5.56 Å². The number of benzene rings is 1. The maximum atomic E-state index is 5.78. The molecule has 0 aliphatic carbocycles. The zero-order chi connectivity index (χ0) is 20.9. The van der Waals surface area contributed by atoms with Gasteiger partial charge in [-0.2, -0.15) is 0 Å². The highest BCUT2D eigenvalue weighted by Gasteiger charge is 2.37. The Morgan fingerprint density at radius 3 is 2.73 bits per heavy atom. The van der Waals surface area contributed by atoms with E-state index in [0.29, 0.717) is 5.82 Å². The summed E-state index contributed by atoms with van der Waals surface area (Å²) in [6.45, 7) is 4.34. The van der Waals surface area contributed by atoms with E-state index in [9.17, 15) is 0 Å². The number of aromatic nitrogens is 2. The van der Waals surface area contributed by atoms with E-state index in [1.54, 1.807) is 29.8 Å². The first-order valence-electron chi connectivity index (χ1n) is 10.2. The molecular formula is C21H26N6OS2. The monoisotopic (exact) mass is 442 g/mol. The Bertz CT molecular complexity index is 950. The molecule has 0 bridgehead atoms. The van der Waals surface area contributed by atoms with Crippen LogP contribution in [0.2, 0.25) is 0 Å². The van der Waals surface area contributed by atoms with E-state index in [4.69, 9.17) is 19.7 Å². The minimum absolute atomic E-state index is 0.0532. The molecular weight excluding hydrogens is 416 g/mol. The molecule has 1 atom stereocenters. The van der Waals surface area contributed by atoms with Crippen molar-refractivity contribution in [2.45, 2.75) is 49.5 Å². The van der Waals surface area contributed by atoms with Gasteiger partial charge in [-0.15, -0.1) is 11.8 Å². The topological polar surface area (TPSA) is 74.7 Å². The maximum absolute atomic E-state index is 5.78. The van der Waals surface area contributed by atoms with E-state index in [1.807, 2.05) is 36.6 Å². The van der Waals surface area contributed by atoms with Crippen molar-refractivity contribution >= 4 is 35.2 Å². The summed E-state index contributed by atoms with van der Waals surface area (Å²) in [6, 6.07) is 9.68. The van der Waals surface area contributed by atoms with Crippen molar-refractivity contribution in [1.29, 1.82) is 0 Å². The fourth-order valence-corrected chi connectivity index (χ4v) is 4.60. The number of amidine groups is 1. The van der Waals surface area contributed by atoms with Gasteiger partial charge in [-0.3, -0.25) is 5.43 Å². The van der Waals surface area contributed by atoms with Crippen LogP contribution in [0.4, 0.5) is 5.82 Å². The highest BCUT2D eigenvalue weighted by molar-refractivity contribution is 7.99. The lowest BCUT2D eigenvalue weighted by atomic mass is 10.1. The molecule has 2 aliphatic rings. The lowest BCUT2D eigenvalue weighted by Crippen LogP contribution is -2.52. The molecule has 158 valence electrons. The number of anilines is 1. The van der Waals surface area contributed by atoms with Crippen LogP contribution in [0.3, 0.4) is 0 Å². The summed E-state index contributed by atoms with van der Waals surface area (Å²) in [5.41, 5.74) is 4.31. The second-order valence-corrected chi connectivity index (χ2v) is 8.74. The first-order chi connectivity index (χ1) is 14.7. The Hall–Kier alpha value is -2.39. The van der Waals surface area contributed by atoms with Crippen LogP contribution in [0.15, 0.2) is 57.6 Å². The first kappa shape index (κ1) is 20.9. The van der Waals surface area contributed by atoms with Crippen LogP contribution in [-0.2, 0) is 0 Å². The summed E-state index contributed by atoms with van der Waals surface area (Å²) in [6.07, 6.45) is 6.82. The highest BCUT2D eigenvalue weighted by atomic mass is 32.2. The lowest BCUT2D eigenvalue weighted by molar-refractivity contribution is 0.269. The van der Waals surface area contributed by atoms with Gasteiger partial charge in [-0.25, -0.2) is 20.0 Å². The van der Waals surface area contributed by atoms with Gasteiger partial charge in [0.1, 0.15) is 29.0 Å². The Balaban J connectivity index is 1.69. The number of hydrogen-bond donors (Lipinski definition) is 2. The van der Waals surface area contributed by atoms with E-state index >= 15 is 0 Å². The number of nitrogens with zero attached hydrogens (tertiary/aromatic N) is 4. The van der Waals surface area contributed by atoms with E-state index in [1.165, 1.54) is 0 Å². The van der Waals surface area contributed by atoms with Gasteiger partial charge < -0.3 is 10.1 Å². The van der Waals surface area contributed by atoms with E-state index < -0.39 is 0 Å². The molecule has 0 saturated carbocycles. The number of rotatable bonds is 8. The van der Waals surface area contributed by atoms with Gasteiger partial charge in [-0.1, -0.05) is 50.2 Å². The number of fused-ring (bicyclic) bond motifs is 3. The molecule has 1 aromatic heterocycles. The quantitative estimate of drug-likeness (QED) is 0.264. The minimum Gasteiger partial charge on any atom is -0.461 e. The van der Waals surface area contributed by atoms with Crippen LogP contribution < -0.4 is 15.5 Å². The predicted molar refractivity (Wildman–Crippen MR) is 124 cm³/mol. The lowest BCUT2D eigenvalue weighted by Gasteiger charge is -2.36. The highest BCUT2D eigenvalue weighted by Crippen LogP contribution is 2.35. The molecule has 1 aromatic carbocycles. The number of hydrazine groups is 1. The molecule has 4 rings (SSSR count). The predicted octanol–water partition coefficient (Wildman–Crippen LogP) is 4.70. The second kappa shape index (κ2) is 9.61. The third kappa shape index (κ3) is 4.37. The molecule has 2 aliphatic heterocycles. The summed E-state index contributed by atoms with van der Waals surface area (Å²) in [7, 11) is 0. The van der Waals surface area contributed by atoms with Gasteiger partial charge in [0.15, 0.2) is 16.8 Å². The molecule has 3 heterocycles. The third-order valence-electron chi connectivity index (χ3n) is 4.62. The van der Waals surface area contributed by atoms with Crippen LogP contribution >= 0.6 is 23.5 Å². The van der Waals surface area contributed by atoms with Gasteiger partial charge in [-0.05, 0) is 31.2 Å². The Morgan fingerprint density at radius 2 is 2.00 bits per heavy atom. The number of thioether (sulfide) groups is 2. The van der Waals surface area contributed by atoms with E-state index in [2.05, 4.69) is 29.6 Å². The summed E-state index contributed by atoms with van der Waals surface area (Å²) >= 11 is 3.31. The van der Waals surface area contributed by atoms with Gasteiger partial charge in [0, 0.05) is 5.75 Å². The van der Waals surface area contributed by atoms with Crippen molar-refractivity contribution < 1.29 is 4.74 Å². The molecule has 2 aromatic rings. The van der Waals surface area contributed by atoms with Crippen molar-refractivity contribution in [3.8, 4) is 5.75 Å². The van der Waals surface area contributed by atoms with E-state index in [0.717, 1.165) is 58.2 Å². The molecule has 1 unspecified atom stereocenters. The third-order valence-corrected chi connectivity index (χ3v) is 6.36. The number of ether oxygens (including phenoxy) is 1. The number of nitrogens with one attached hydrogen (secondary N) is 2. The second-order valence-electron chi connectivity index (χ2n) is 6.89. The SMILES string of the molecule is CCCSc1nc2c(c(SC)n1)C1=NC(=COc3ccccc3)NN1C(CCC)N2. The zero-order valence-electron chi connectivity index (χ0n) is 17.4. The van der Waals surface area contributed by atoms with Gasteiger partial charge in [0.2, 0.25) is 0 Å². The Morgan fingerprint density at radius 1 is 1.17 bits per heavy atom. The Kier molecular flexibility index (Phi) is 6.69. The van der Waals surface area contributed by atoms with E-state index in [-0.39, 0.29) is 6.17 Å². The summed E-state index contributed by atoms with van der Waals surface area (Å²) in [5, 5.41) is 7.39. The van der Waals surface area contributed by atoms with Gasteiger partial charge >= 0.3 is 0 Å². The standard InChI is InChI=1S/C21H26N6OS2/c1-4-9-16-23-18-17(20(29-3)25-21(24-18)30-12-5-2)19-22-15(26-27(16)19)13-28-14-10-7-6-8-11-14/h6-8,10-11,13,16,26H,4-5,9,12H2,1-3H3,(H,23,24,25). The summed E-state index contributed by atoms with van der Waals surface area (Å²) in [5.74, 6) is 4.12. The molecule has 30 heavy (non-hydrogen) atoms. The average molecular weight is 443 g/mol. The van der Waals surface area contributed by atoms with Crippen molar-refractivity contribution in [2.75, 3.05) is 17.3 Å². The maximum Gasteiger partial charge on any atom is 0.190 e. The Labute approximate surface area is 185 Å². The molecule has 0 spiro atoms. The fourth-order valence-electron chi connectivity index (χ4n) is 3.28. The zero-order valence-corrected chi connectivity index (χ0v) is 19.0. The van der Waals surface area contributed by atoms with Crippen molar-refractivity contribution in [3.05, 3.63) is 48.0 Å². The molecule has 2 N–H and O–H groups in total. The smallest absolute Gasteiger partial charge is 0.190 e. The number of para-hydroxylation sites is 1. The molecule has 7 nitrogen and oxygen atoms in total. The fraction of sp³-hybridized carbons (Fsp3) is 0.381. The normalized spacial score (nSPS) is 18.4. The number of aliphatic imine (C=N–C) groups is 1. The van der Waals surface area contributed by atoms with Crippen LogP contribution in [0.5, 0.6) is 5.75 Å². The van der Waals surface area contributed by atoms with Crippen LogP contribution in [0.25, 0.3) is 0 Å². The summed E-state index contributed by atoms with van der Waals surface area (Å²) < 4.78 is 5.78. The molecule has 0 saturated heterocycles. The van der Waals surface area contributed by atoms with Crippen molar-refractivity contribution in [1.82, 2.24) is 20.4 Å². The molecule has 0 amide bonds. The first-order valence-corrected chi connectivity index (χ1v) is 12.4. The van der Waals surface area contributed by atoms with Crippen LogP contribution in [0, 0.1) is 0 Å². The molecule has 0 fully saturated rings. The molecule has 9 heteroatoms.